The molecule has 16 heavy (non-hydrogen) atoms. The van der Waals surface area contributed by atoms with E-state index in [1.54, 1.807) is 12.4 Å². The molecular weight excluding hydrogens is 222 g/mol. The SMILES string of the molecule is CC1CCCC(C(O)c2ccncc2Cl)C1. The van der Waals surface area contributed by atoms with E-state index in [0.717, 1.165) is 18.4 Å². The lowest BCUT2D eigenvalue weighted by molar-refractivity contribution is 0.0714. The lowest BCUT2D eigenvalue weighted by Crippen LogP contribution is -2.20. The van der Waals surface area contributed by atoms with Crippen LogP contribution in [0.5, 0.6) is 0 Å². The molecule has 0 amide bonds. The van der Waals surface area contributed by atoms with Crippen molar-refractivity contribution in [3.8, 4) is 0 Å². The first-order valence-corrected chi connectivity index (χ1v) is 6.33. The molecule has 0 aromatic carbocycles. The van der Waals surface area contributed by atoms with Gasteiger partial charge in [-0.3, -0.25) is 4.98 Å². The number of aromatic nitrogens is 1. The van der Waals surface area contributed by atoms with Crippen molar-refractivity contribution in [1.82, 2.24) is 4.98 Å². The van der Waals surface area contributed by atoms with Crippen molar-refractivity contribution < 1.29 is 5.11 Å². The van der Waals surface area contributed by atoms with Crippen LogP contribution in [0.4, 0.5) is 0 Å². The smallest absolute Gasteiger partial charge is 0.0833 e. The summed E-state index contributed by atoms with van der Waals surface area (Å²) in [6.07, 6.45) is 7.56. The lowest BCUT2D eigenvalue weighted by atomic mass is 9.78. The molecule has 0 aliphatic heterocycles. The molecule has 0 bridgehead atoms. The molecule has 1 aliphatic rings. The van der Waals surface area contributed by atoms with Crippen molar-refractivity contribution in [3.63, 3.8) is 0 Å². The third kappa shape index (κ3) is 2.55. The van der Waals surface area contributed by atoms with E-state index in [4.69, 9.17) is 11.6 Å². The zero-order chi connectivity index (χ0) is 11.5. The largest absolute Gasteiger partial charge is 0.388 e. The highest BCUT2D eigenvalue weighted by molar-refractivity contribution is 6.31. The quantitative estimate of drug-likeness (QED) is 0.856. The molecule has 3 unspecified atom stereocenters. The standard InChI is InChI=1S/C13H18ClNO/c1-9-3-2-4-10(7-9)13(16)11-5-6-15-8-12(11)14/h5-6,8-10,13,16H,2-4,7H2,1H3. The molecule has 1 saturated carbocycles. The van der Waals surface area contributed by atoms with Crippen LogP contribution >= 0.6 is 11.6 Å². The van der Waals surface area contributed by atoms with Crippen molar-refractivity contribution in [1.29, 1.82) is 0 Å². The molecule has 3 atom stereocenters. The molecule has 88 valence electrons. The average molecular weight is 240 g/mol. The topological polar surface area (TPSA) is 33.1 Å². The molecule has 2 nitrogen and oxygen atoms in total. The van der Waals surface area contributed by atoms with E-state index >= 15 is 0 Å². The summed E-state index contributed by atoms with van der Waals surface area (Å²) in [6, 6.07) is 1.83. The Kier molecular flexibility index (Phi) is 3.82. The maximum atomic E-state index is 10.3. The van der Waals surface area contributed by atoms with Crippen molar-refractivity contribution in [3.05, 3.63) is 29.0 Å². The van der Waals surface area contributed by atoms with E-state index in [1.165, 1.54) is 12.8 Å². The van der Waals surface area contributed by atoms with Crippen molar-refractivity contribution in [2.45, 2.75) is 38.7 Å². The molecule has 1 aliphatic carbocycles. The van der Waals surface area contributed by atoms with Gasteiger partial charge in [-0.2, -0.15) is 0 Å². The lowest BCUT2D eigenvalue weighted by Gasteiger charge is -2.30. The van der Waals surface area contributed by atoms with Gasteiger partial charge in [0, 0.05) is 18.0 Å². The molecule has 1 aromatic heterocycles. The Morgan fingerprint density at radius 3 is 3.00 bits per heavy atom. The van der Waals surface area contributed by atoms with Crippen molar-refractivity contribution >= 4 is 11.6 Å². The van der Waals surface area contributed by atoms with Crippen LogP contribution in [0.3, 0.4) is 0 Å². The molecule has 1 N–H and O–H groups in total. The van der Waals surface area contributed by atoms with Gasteiger partial charge in [0.05, 0.1) is 11.1 Å². The van der Waals surface area contributed by atoms with Crippen LogP contribution in [0.2, 0.25) is 5.02 Å². The minimum atomic E-state index is -0.432. The number of aliphatic hydroxyl groups excluding tert-OH is 1. The molecule has 1 fully saturated rings. The van der Waals surface area contributed by atoms with E-state index in [9.17, 15) is 5.11 Å². The van der Waals surface area contributed by atoms with Gasteiger partial charge in [0.25, 0.3) is 0 Å². The highest BCUT2D eigenvalue weighted by Gasteiger charge is 2.27. The number of aliphatic hydroxyl groups is 1. The van der Waals surface area contributed by atoms with Gasteiger partial charge in [-0.05, 0) is 30.7 Å². The van der Waals surface area contributed by atoms with Gasteiger partial charge in [-0.15, -0.1) is 0 Å². The molecule has 0 saturated heterocycles. The first kappa shape index (κ1) is 11.9. The van der Waals surface area contributed by atoms with E-state index < -0.39 is 6.10 Å². The van der Waals surface area contributed by atoms with Crippen molar-refractivity contribution in [2.24, 2.45) is 11.8 Å². The van der Waals surface area contributed by atoms with Crippen LogP contribution in [0.1, 0.15) is 44.3 Å². The Morgan fingerprint density at radius 1 is 1.50 bits per heavy atom. The van der Waals surface area contributed by atoms with Gasteiger partial charge < -0.3 is 5.11 Å². The first-order valence-electron chi connectivity index (χ1n) is 5.96. The Bertz CT molecular complexity index is 356. The summed E-state index contributed by atoms with van der Waals surface area (Å²) in [5.74, 6) is 1.07. The van der Waals surface area contributed by atoms with Crippen LogP contribution in [-0.4, -0.2) is 10.1 Å². The van der Waals surface area contributed by atoms with Crippen LogP contribution in [0.15, 0.2) is 18.5 Å². The van der Waals surface area contributed by atoms with Gasteiger partial charge in [0.2, 0.25) is 0 Å². The zero-order valence-electron chi connectivity index (χ0n) is 9.56. The summed E-state index contributed by atoms with van der Waals surface area (Å²) >= 11 is 6.05. The molecule has 3 heteroatoms. The minimum absolute atomic E-state index is 0.351. The highest BCUT2D eigenvalue weighted by Crippen LogP contribution is 2.38. The van der Waals surface area contributed by atoms with Gasteiger partial charge in [0.15, 0.2) is 0 Å². The van der Waals surface area contributed by atoms with Gasteiger partial charge in [-0.1, -0.05) is 31.4 Å². The van der Waals surface area contributed by atoms with Gasteiger partial charge in [-0.25, -0.2) is 0 Å². The Labute approximate surface area is 102 Å². The fourth-order valence-electron chi connectivity index (χ4n) is 2.65. The number of rotatable bonds is 2. The van der Waals surface area contributed by atoms with Crippen LogP contribution in [-0.2, 0) is 0 Å². The van der Waals surface area contributed by atoms with Crippen molar-refractivity contribution in [2.75, 3.05) is 0 Å². The maximum absolute atomic E-state index is 10.3. The van der Waals surface area contributed by atoms with E-state index in [2.05, 4.69) is 11.9 Å². The zero-order valence-corrected chi connectivity index (χ0v) is 10.3. The Hall–Kier alpha value is -0.600. The van der Waals surface area contributed by atoms with E-state index in [1.807, 2.05) is 6.07 Å². The van der Waals surface area contributed by atoms with Gasteiger partial charge in [0.1, 0.15) is 0 Å². The highest BCUT2D eigenvalue weighted by atomic mass is 35.5. The van der Waals surface area contributed by atoms with E-state index in [0.29, 0.717) is 16.9 Å². The third-order valence-corrected chi connectivity index (χ3v) is 3.86. The summed E-state index contributed by atoms with van der Waals surface area (Å²) in [6.45, 7) is 2.26. The monoisotopic (exact) mass is 239 g/mol. The second-order valence-corrected chi connectivity index (χ2v) is 5.28. The first-order chi connectivity index (χ1) is 7.68. The average Bonchev–Trinajstić information content (AvgIpc) is 2.29. The Morgan fingerprint density at radius 2 is 2.31 bits per heavy atom. The maximum Gasteiger partial charge on any atom is 0.0833 e. The third-order valence-electron chi connectivity index (χ3n) is 3.55. The molecule has 1 aromatic rings. The summed E-state index contributed by atoms with van der Waals surface area (Å²) in [5.41, 5.74) is 0.829. The normalized spacial score (nSPS) is 27.7. The summed E-state index contributed by atoms with van der Waals surface area (Å²) in [7, 11) is 0. The predicted octanol–water partition coefficient (Wildman–Crippen LogP) is 3.59. The molecule has 2 rings (SSSR count). The summed E-state index contributed by atoms with van der Waals surface area (Å²) in [4.78, 5) is 3.94. The molecule has 1 heterocycles. The van der Waals surface area contributed by atoms with Crippen LogP contribution in [0, 0.1) is 11.8 Å². The van der Waals surface area contributed by atoms with E-state index in [-0.39, 0.29) is 0 Å². The number of nitrogens with zero attached hydrogens (tertiary/aromatic N) is 1. The fourth-order valence-corrected chi connectivity index (χ4v) is 2.88. The van der Waals surface area contributed by atoms with Crippen LogP contribution < -0.4 is 0 Å². The molecule has 0 spiro atoms. The van der Waals surface area contributed by atoms with Gasteiger partial charge >= 0.3 is 0 Å². The second kappa shape index (κ2) is 5.15. The number of hydrogen-bond donors (Lipinski definition) is 1. The number of pyridine rings is 1. The number of halogens is 1. The second-order valence-electron chi connectivity index (χ2n) is 4.87. The predicted molar refractivity (Wildman–Crippen MR) is 65.3 cm³/mol. The molecular formula is C13H18ClNO. The molecule has 0 radical (unpaired) electrons. The summed E-state index contributed by atoms with van der Waals surface area (Å²) < 4.78 is 0. The minimum Gasteiger partial charge on any atom is -0.388 e. The fraction of sp³-hybridized carbons (Fsp3) is 0.615. The Balaban J connectivity index is 2.12. The summed E-state index contributed by atoms with van der Waals surface area (Å²) in [5, 5.41) is 10.9. The number of hydrogen-bond acceptors (Lipinski definition) is 2. The van der Waals surface area contributed by atoms with Crippen LogP contribution in [0.25, 0.3) is 0 Å².